The Kier molecular flexibility index (Phi) is 4.16. The minimum Gasteiger partial charge on any atom is -0.382 e. The van der Waals surface area contributed by atoms with E-state index in [-0.39, 0.29) is 5.84 Å². The number of amidine groups is 1. The van der Waals surface area contributed by atoms with Gasteiger partial charge in [0.15, 0.2) is 0 Å². The van der Waals surface area contributed by atoms with E-state index >= 15 is 0 Å². The SMILES string of the molecule is CN(Cc1ccc(Br)cc1)c1ccc(C(=N)N)nc1. The molecule has 3 N–H and O–H groups in total. The number of rotatable bonds is 4. The van der Waals surface area contributed by atoms with Gasteiger partial charge in [-0.05, 0) is 29.8 Å². The lowest BCUT2D eigenvalue weighted by Crippen LogP contribution is -2.18. The van der Waals surface area contributed by atoms with Gasteiger partial charge in [-0.3, -0.25) is 10.4 Å². The van der Waals surface area contributed by atoms with E-state index in [1.165, 1.54) is 5.56 Å². The Morgan fingerprint density at radius 1 is 1.26 bits per heavy atom. The number of nitrogen functional groups attached to an aromatic ring is 1. The van der Waals surface area contributed by atoms with Gasteiger partial charge < -0.3 is 10.6 Å². The highest BCUT2D eigenvalue weighted by Crippen LogP contribution is 2.16. The van der Waals surface area contributed by atoms with Crippen molar-refractivity contribution in [3.63, 3.8) is 0 Å². The summed E-state index contributed by atoms with van der Waals surface area (Å²) in [7, 11) is 2.01. The fourth-order valence-corrected chi connectivity index (χ4v) is 1.99. The molecule has 0 saturated carbocycles. The van der Waals surface area contributed by atoms with E-state index in [0.717, 1.165) is 16.7 Å². The van der Waals surface area contributed by atoms with E-state index < -0.39 is 0 Å². The molecule has 0 aliphatic carbocycles. The Hall–Kier alpha value is -1.88. The zero-order valence-electron chi connectivity index (χ0n) is 10.6. The number of aromatic nitrogens is 1. The minimum absolute atomic E-state index is 0.0119. The average molecular weight is 319 g/mol. The molecule has 0 saturated heterocycles. The molecule has 4 nitrogen and oxygen atoms in total. The van der Waals surface area contributed by atoms with Crippen LogP contribution in [0.3, 0.4) is 0 Å². The molecule has 1 aromatic heterocycles. The highest BCUT2D eigenvalue weighted by Gasteiger charge is 2.04. The van der Waals surface area contributed by atoms with Crippen LogP contribution in [0, 0.1) is 5.41 Å². The monoisotopic (exact) mass is 318 g/mol. The van der Waals surface area contributed by atoms with Gasteiger partial charge in [-0.1, -0.05) is 28.1 Å². The zero-order chi connectivity index (χ0) is 13.8. The fraction of sp³-hybridized carbons (Fsp3) is 0.143. The van der Waals surface area contributed by atoms with Crippen molar-refractivity contribution in [3.05, 3.63) is 58.3 Å². The van der Waals surface area contributed by atoms with Crippen molar-refractivity contribution < 1.29 is 0 Å². The molecule has 0 spiro atoms. The summed E-state index contributed by atoms with van der Waals surface area (Å²) in [4.78, 5) is 6.25. The normalized spacial score (nSPS) is 10.2. The molecular weight excluding hydrogens is 304 g/mol. The van der Waals surface area contributed by atoms with Crippen LogP contribution in [0.2, 0.25) is 0 Å². The number of nitrogens with zero attached hydrogens (tertiary/aromatic N) is 2. The molecule has 1 heterocycles. The Balaban J connectivity index is 2.09. The van der Waals surface area contributed by atoms with Crippen molar-refractivity contribution in [2.75, 3.05) is 11.9 Å². The molecule has 0 unspecified atom stereocenters. The summed E-state index contributed by atoms with van der Waals surface area (Å²) < 4.78 is 1.08. The third kappa shape index (κ3) is 3.54. The van der Waals surface area contributed by atoms with Gasteiger partial charge >= 0.3 is 0 Å². The summed E-state index contributed by atoms with van der Waals surface area (Å²) >= 11 is 3.42. The predicted octanol–water partition coefficient (Wildman–Crippen LogP) is 2.76. The van der Waals surface area contributed by atoms with Gasteiger partial charge in [0.2, 0.25) is 0 Å². The van der Waals surface area contributed by atoms with Gasteiger partial charge in [-0.25, -0.2) is 0 Å². The second-order valence-corrected chi connectivity index (χ2v) is 5.21. The molecule has 0 radical (unpaired) electrons. The third-order valence-corrected chi connectivity index (χ3v) is 3.33. The highest BCUT2D eigenvalue weighted by atomic mass is 79.9. The second kappa shape index (κ2) is 5.84. The van der Waals surface area contributed by atoms with Crippen LogP contribution in [0.5, 0.6) is 0 Å². The topological polar surface area (TPSA) is 66.0 Å². The summed E-state index contributed by atoms with van der Waals surface area (Å²) in [6, 6.07) is 11.9. The first-order chi connectivity index (χ1) is 9.06. The Morgan fingerprint density at radius 3 is 2.47 bits per heavy atom. The molecule has 0 atom stereocenters. The molecule has 19 heavy (non-hydrogen) atoms. The van der Waals surface area contributed by atoms with Crippen molar-refractivity contribution in [2.45, 2.75) is 6.54 Å². The van der Waals surface area contributed by atoms with E-state index in [9.17, 15) is 0 Å². The molecule has 5 heteroatoms. The van der Waals surface area contributed by atoms with Gasteiger partial charge in [-0.2, -0.15) is 0 Å². The molecule has 0 amide bonds. The van der Waals surface area contributed by atoms with Crippen molar-refractivity contribution in [2.24, 2.45) is 5.73 Å². The third-order valence-electron chi connectivity index (χ3n) is 2.80. The van der Waals surface area contributed by atoms with Crippen LogP contribution >= 0.6 is 15.9 Å². The van der Waals surface area contributed by atoms with Crippen LogP contribution in [0.25, 0.3) is 0 Å². The molecule has 0 aliphatic rings. The number of benzene rings is 1. The Labute approximate surface area is 120 Å². The molecule has 0 aliphatic heterocycles. The van der Waals surface area contributed by atoms with Gasteiger partial charge in [0.1, 0.15) is 11.5 Å². The number of anilines is 1. The van der Waals surface area contributed by atoms with E-state index in [2.05, 4.69) is 37.9 Å². The number of halogens is 1. The number of nitrogens with one attached hydrogen (secondary N) is 1. The van der Waals surface area contributed by atoms with E-state index in [0.29, 0.717) is 5.69 Å². The first-order valence-electron chi connectivity index (χ1n) is 5.82. The van der Waals surface area contributed by atoms with E-state index in [4.69, 9.17) is 11.1 Å². The standard InChI is InChI=1S/C14H15BrN4/c1-19(9-10-2-4-11(15)5-3-10)12-6-7-13(14(16)17)18-8-12/h2-8H,9H2,1H3,(H3,16,17). The number of hydrogen-bond donors (Lipinski definition) is 2. The highest BCUT2D eigenvalue weighted by molar-refractivity contribution is 9.10. The van der Waals surface area contributed by atoms with Crippen LogP contribution in [0.4, 0.5) is 5.69 Å². The van der Waals surface area contributed by atoms with Gasteiger partial charge in [-0.15, -0.1) is 0 Å². The number of hydrogen-bond acceptors (Lipinski definition) is 3. The van der Waals surface area contributed by atoms with Gasteiger partial charge in [0, 0.05) is 18.1 Å². The molecule has 98 valence electrons. The number of nitrogens with two attached hydrogens (primary N) is 1. The minimum atomic E-state index is -0.0119. The summed E-state index contributed by atoms with van der Waals surface area (Å²) in [5.74, 6) is -0.0119. The lowest BCUT2D eigenvalue weighted by molar-refractivity contribution is 0.917. The maximum Gasteiger partial charge on any atom is 0.141 e. The maximum atomic E-state index is 7.31. The lowest BCUT2D eigenvalue weighted by Gasteiger charge is -2.19. The maximum absolute atomic E-state index is 7.31. The average Bonchev–Trinajstić information content (AvgIpc) is 2.41. The summed E-state index contributed by atoms with van der Waals surface area (Å²) in [5.41, 5.74) is 8.10. The van der Waals surface area contributed by atoms with Crippen molar-refractivity contribution >= 4 is 27.5 Å². The summed E-state index contributed by atoms with van der Waals surface area (Å²) in [6.07, 6.45) is 1.73. The Morgan fingerprint density at radius 2 is 1.95 bits per heavy atom. The van der Waals surface area contributed by atoms with Crippen LogP contribution in [0.1, 0.15) is 11.3 Å². The second-order valence-electron chi connectivity index (χ2n) is 4.30. The largest absolute Gasteiger partial charge is 0.382 e. The Bertz CT molecular complexity index is 563. The smallest absolute Gasteiger partial charge is 0.141 e. The predicted molar refractivity (Wildman–Crippen MR) is 81.5 cm³/mol. The van der Waals surface area contributed by atoms with Crippen LogP contribution in [-0.2, 0) is 6.54 Å². The first-order valence-corrected chi connectivity index (χ1v) is 6.61. The van der Waals surface area contributed by atoms with Crippen LogP contribution < -0.4 is 10.6 Å². The van der Waals surface area contributed by atoms with Crippen LogP contribution in [0.15, 0.2) is 47.1 Å². The van der Waals surface area contributed by atoms with Crippen molar-refractivity contribution in [1.29, 1.82) is 5.41 Å². The quantitative estimate of drug-likeness (QED) is 0.673. The molecule has 0 bridgehead atoms. The van der Waals surface area contributed by atoms with Gasteiger partial charge in [0.25, 0.3) is 0 Å². The molecule has 2 rings (SSSR count). The van der Waals surface area contributed by atoms with E-state index in [1.54, 1.807) is 12.3 Å². The molecule has 1 aromatic carbocycles. The zero-order valence-corrected chi connectivity index (χ0v) is 12.2. The summed E-state index contributed by atoms with van der Waals surface area (Å²) in [6.45, 7) is 0.800. The van der Waals surface area contributed by atoms with E-state index in [1.807, 2.05) is 25.2 Å². The fourth-order valence-electron chi connectivity index (χ4n) is 1.73. The first kappa shape index (κ1) is 13.5. The number of pyridine rings is 1. The molecule has 0 fully saturated rings. The van der Waals surface area contributed by atoms with Crippen molar-refractivity contribution in [3.8, 4) is 0 Å². The summed E-state index contributed by atoms with van der Waals surface area (Å²) in [5, 5.41) is 7.31. The molecular formula is C14H15BrN4. The molecule has 2 aromatic rings. The van der Waals surface area contributed by atoms with Gasteiger partial charge in [0.05, 0.1) is 11.9 Å². The lowest BCUT2D eigenvalue weighted by atomic mass is 10.2. The van der Waals surface area contributed by atoms with Crippen LogP contribution in [-0.4, -0.2) is 17.9 Å². The van der Waals surface area contributed by atoms with Crippen molar-refractivity contribution in [1.82, 2.24) is 4.98 Å².